The first kappa shape index (κ1) is 23.8. The predicted molar refractivity (Wildman–Crippen MR) is 128 cm³/mol. The molecule has 0 spiro atoms. The Kier molecular flexibility index (Phi) is 6.24. The van der Waals surface area contributed by atoms with Crippen LogP contribution in [0.15, 0.2) is 42.1 Å². The van der Waals surface area contributed by atoms with Crippen LogP contribution in [0.2, 0.25) is 0 Å². The van der Waals surface area contributed by atoms with Gasteiger partial charge in [-0.25, -0.2) is 0 Å². The molecule has 0 saturated carbocycles. The van der Waals surface area contributed by atoms with Crippen LogP contribution in [0.3, 0.4) is 0 Å². The molecule has 2 fully saturated rings. The molecule has 1 N–H and O–H groups in total. The van der Waals surface area contributed by atoms with Crippen molar-refractivity contribution in [1.82, 2.24) is 25.2 Å². The van der Waals surface area contributed by atoms with Crippen molar-refractivity contribution < 1.29 is 27.4 Å². The number of nitrogens with one attached hydrogen (secondary N) is 1. The van der Waals surface area contributed by atoms with E-state index in [0.29, 0.717) is 81.7 Å². The van der Waals surface area contributed by atoms with Crippen LogP contribution >= 0.6 is 0 Å². The summed E-state index contributed by atoms with van der Waals surface area (Å²) in [6, 6.07) is 5.54. The second kappa shape index (κ2) is 9.71. The molecule has 0 radical (unpaired) electrons. The third-order valence-electron chi connectivity index (χ3n) is 6.75. The van der Waals surface area contributed by atoms with Crippen LogP contribution in [0.4, 0.5) is 25.1 Å². The molecule has 13 heteroatoms. The highest BCUT2D eigenvalue weighted by molar-refractivity contribution is 5.64. The maximum absolute atomic E-state index is 13.6. The molecule has 6 rings (SSSR count). The van der Waals surface area contributed by atoms with Crippen molar-refractivity contribution in [3.05, 3.63) is 42.1 Å². The SMILES string of the molecule is FC(F)(F)C1=CC=CNC1N1CCN(c2nc(-c3ccc4c(c3)OCO4)nc(N3CCOCC3)n2)CC1. The standard InChI is InChI=1S/C24H26F3N7O3/c25-24(26,27)17-2-1-5-28-21(17)32-6-8-33(9-7-32)22-29-20(16-3-4-18-19(14-16)37-15-36-18)30-23(31-22)34-10-12-35-13-11-34/h1-5,14,21,28H,6-13,15H2. The van der Waals surface area contributed by atoms with Gasteiger partial charge in [0.2, 0.25) is 18.7 Å². The summed E-state index contributed by atoms with van der Waals surface area (Å²) in [5.74, 6) is 2.83. The van der Waals surface area contributed by atoms with Crippen LogP contribution in [0.25, 0.3) is 11.4 Å². The molecule has 1 aromatic carbocycles. The zero-order valence-corrected chi connectivity index (χ0v) is 19.9. The topological polar surface area (TPSA) is 88.1 Å². The van der Waals surface area contributed by atoms with Gasteiger partial charge in [0.1, 0.15) is 6.17 Å². The normalized spacial score (nSPS) is 22.1. The summed E-state index contributed by atoms with van der Waals surface area (Å²) in [7, 11) is 0. The maximum atomic E-state index is 13.6. The molecule has 0 amide bonds. The highest BCUT2D eigenvalue weighted by atomic mass is 19.4. The minimum Gasteiger partial charge on any atom is -0.454 e. The highest BCUT2D eigenvalue weighted by Gasteiger charge is 2.42. The lowest BCUT2D eigenvalue weighted by Crippen LogP contribution is -2.56. The van der Waals surface area contributed by atoms with Gasteiger partial charge in [-0.3, -0.25) is 4.90 Å². The lowest BCUT2D eigenvalue weighted by molar-refractivity contribution is -0.103. The number of fused-ring (bicyclic) bond motifs is 1. The van der Waals surface area contributed by atoms with Crippen molar-refractivity contribution in [1.29, 1.82) is 0 Å². The Morgan fingerprint density at radius 3 is 2.30 bits per heavy atom. The Morgan fingerprint density at radius 2 is 1.57 bits per heavy atom. The van der Waals surface area contributed by atoms with E-state index in [1.54, 1.807) is 11.1 Å². The second-order valence-corrected chi connectivity index (χ2v) is 9.00. The van der Waals surface area contributed by atoms with Gasteiger partial charge < -0.3 is 29.3 Å². The van der Waals surface area contributed by atoms with Gasteiger partial charge in [-0.1, -0.05) is 0 Å². The van der Waals surface area contributed by atoms with Crippen LogP contribution < -0.4 is 24.6 Å². The van der Waals surface area contributed by atoms with Gasteiger partial charge in [0.05, 0.1) is 18.8 Å². The number of anilines is 2. The Labute approximate surface area is 211 Å². The number of rotatable bonds is 4. The number of hydrogen-bond donors (Lipinski definition) is 1. The highest BCUT2D eigenvalue weighted by Crippen LogP contribution is 2.36. The molecule has 196 valence electrons. The lowest BCUT2D eigenvalue weighted by atomic mass is 10.1. The van der Waals surface area contributed by atoms with Gasteiger partial charge in [0.15, 0.2) is 17.3 Å². The molecule has 1 atom stereocenters. The molecule has 4 aliphatic rings. The van der Waals surface area contributed by atoms with E-state index in [-0.39, 0.29) is 6.79 Å². The molecule has 0 aliphatic carbocycles. The number of hydrogen-bond acceptors (Lipinski definition) is 10. The summed E-state index contributed by atoms with van der Waals surface area (Å²) in [6.45, 7) is 4.42. The van der Waals surface area contributed by atoms with Gasteiger partial charge in [0.25, 0.3) is 0 Å². The number of halogens is 3. The summed E-state index contributed by atoms with van der Waals surface area (Å²) in [5.41, 5.74) is 0.169. The van der Waals surface area contributed by atoms with Crippen LogP contribution in [0, 0.1) is 0 Å². The molecule has 4 aliphatic heterocycles. The number of alkyl halides is 3. The van der Waals surface area contributed by atoms with Crippen molar-refractivity contribution in [3.8, 4) is 22.9 Å². The van der Waals surface area contributed by atoms with E-state index in [1.807, 2.05) is 23.1 Å². The van der Waals surface area contributed by atoms with Gasteiger partial charge in [0, 0.05) is 44.8 Å². The van der Waals surface area contributed by atoms with E-state index in [1.165, 1.54) is 6.08 Å². The summed E-state index contributed by atoms with van der Waals surface area (Å²) < 4.78 is 57.1. The van der Waals surface area contributed by atoms with Gasteiger partial charge in [-0.2, -0.15) is 28.1 Å². The van der Waals surface area contributed by atoms with Gasteiger partial charge in [-0.05, 0) is 36.6 Å². The molecule has 5 heterocycles. The van der Waals surface area contributed by atoms with Crippen LogP contribution in [0.1, 0.15) is 0 Å². The van der Waals surface area contributed by atoms with E-state index in [0.717, 1.165) is 11.6 Å². The lowest BCUT2D eigenvalue weighted by Gasteiger charge is -2.41. The molecule has 37 heavy (non-hydrogen) atoms. The van der Waals surface area contributed by atoms with E-state index >= 15 is 0 Å². The molecular formula is C24H26F3N7O3. The van der Waals surface area contributed by atoms with E-state index in [4.69, 9.17) is 29.2 Å². The first-order chi connectivity index (χ1) is 18.0. The molecule has 2 saturated heterocycles. The molecule has 2 aromatic rings. The van der Waals surface area contributed by atoms with Crippen molar-refractivity contribution in [2.24, 2.45) is 0 Å². The van der Waals surface area contributed by atoms with Crippen LogP contribution in [-0.4, -0.2) is 91.5 Å². The van der Waals surface area contributed by atoms with Crippen molar-refractivity contribution in [3.63, 3.8) is 0 Å². The molecule has 10 nitrogen and oxygen atoms in total. The van der Waals surface area contributed by atoms with Gasteiger partial charge >= 0.3 is 6.18 Å². The number of nitrogens with zero attached hydrogens (tertiary/aromatic N) is 6. The number of morpholine rings is 1. The number of dihydropyridines is 1. The first-order valence-electron chi connectivity index (χ1n) is 12.1. The van der Waals surface area contributed by atoms with Gasteiger partial charge in [-0.15, -0.1) is 0 Å². The fourth-order valence-corrected chi connectivity index (χ4v) is 4.78. The maximum Gasteiger partial charge on any atom is 0.415 e. The average Bonchev–Trinajstić information content (AvgIpc) is 3.41. The minimum absolute atomic E-state index is 0.168. The Bertz CT molecular complexity index is 1210. The zero-order valence-electron chi connectivity index (χ0n) is 19.9. The van der Waals surface area contributed by atoms with E-state index in [9.17, 15) is 13.2 Å². The largest absolute Gasteiger partial charge is 0.454 e. The van der Waals surface area contributed by atoms with Crippen LogP contribution in [-0.2, 0) is 4.74 Å². The third-order valence-corrected chi connectivity index (χ3v) is 6.75. The quantitative estimate of drug-likeness (QED) is 0.651. The van der Waals surface area contributed by atoms with Crippen molar-refractivity contribution in [2.75, 3.05) is 69.1 Å². The van der Waals surface area contributed by atoms with Crippen molar-refractivity contribution >= 4 is 11.9 Å². The van der Waals surface area contributed by atoms with Crippen LogP contribution in [0.5, 0.6) is 11.5 Å². The third kappa shape index (κ3) is 4.88. The second-order valence-electron chi connectivity index (χ2n) is 9.00. The summed E-state index contributed by atoms with van der Waals surface area (Å²) >= 11 is 0. The molecule has 1 unspecified atom stereocenters. The smallest absolute Gasteiger partial charge is 0.415 e. The minimum atomic E-state index is -4.40. The number of piperazine rings is 1. The number of aromatic nitrogens is 3. The fourth-order valence-electron chi connectivity index (χ4n) is 4.78. The molecular weight excluding hydrogens is 491 g/mol. The zero-order chi connectivity index (χ0) is 25.4. The molecule has 1 aromatic heterocycles. The van der Waals surface area contributed by atoms with E-state index in [2.05, 4.69) is 10.2 Å². The predicted octanol–water partition coefficient (Wildman–Crippen LogP) is 2.16. The Morgan fingerprint density at radius 1 is 0.865 bits per heavy atom. The van der Waals surface area contributed by atoms with Crippen molar-refractivity contribution in [2.45, 2.75) is 12.3 Å². The average molecular weight is 518 g/mol. The summed E-state index contributed by atoms with van der Waals surface area (Å²) in [6.07, 6.45) is -1.26. The monoisotopic (exact) mass is 517 g/mol. The fraction of sp³-hybridized carbons (Fsp3) is 0.458. The first-order valence-corrected chi connectivity index (χ1v) is 12.1. The molecule has 0 bridgehead atoms. The Balaban J connectivity index is 1.25. The Hall–Kier alpha value is -3.58. The number of ether oxygens (including phenoxy) is 3. The van der Waals surface area contributed by atoms with E-state index < -0.39 is 17.9 Å². The summed E-state index contributed by atoms with van der Waals surface area (Å²) in [4.78, 5) is 20.1. The summed E-state index contributed by atoms with van der Waals surface area (Å²) in [5, 5.41) is 2.86. The number of allylic oxidation sites excluding steroid dienone is 2. The number of benzene rings is 1.